The first-order valence-corrected chi connectivity index (χ1v) is 6.40. The van der Waals surface area contributed by atoms with Crippen molar-refractivity contribution in [3.8, 4) is 0 Å². The molecule has 2 aliphatic carbocycles. The Morgan fingerprint density at radius 1 is 1.20 bits per heavy atom. The molecule has 0 heteroatoms. The van der Waals surface area contributed by atoms with E-state index in [2.05, 4.69) is 39.8 Å². The van der Waals surface area contributed by atoms with Gasteiger partial charge in [0, 0.05) is 0 Å². The average Bonchev–Trinajstić information content (AvgIpc) is 2.19. The number of hydrogen-bond acceptors (Lipinski definition) is 0. The van der Waals surface area contributed by atoms with E-state index in [1.807, 2.05) is 0 Å². The van der Waals surface area contributed by atoms with Crippen LogP contribution in [0.15, 0.2) is 23.3 Å². The van der Waals surface area contributed by atoms with Crippen LogP contribution in [-0.4, -0.2) is 0 Å². The summed E-state index contributed by atoms with van der Waals surface area (Å²) in [5, 5.41) is 0. The fourth-order valence-corrected chi connectivity index (χ4v) is 3.16. The summed E-state index contributed by atoms with van der Waals surface area (Å²) in [6.45, 7) is 9.65. The van der Waals surface area contributed by atoms with Crippen molar-refractivity contribution in [1.29, 1.82) is 0 Å². The molecule has 0 N–H and O–H groups in total. The van der Waals surface area contributed by atoms with E-state index in [0.29, 0.717) is 10.8 Å². The summed E-state index contributed by atoms with van der Waals surface area (Å²) in [5.74, 6) is 0. The van der Waals surface area contributed by atoms with E-state index in [1.54, 1.807) is 11.1 Å². The molecule has 0 aromatic carbocycles. The van der Waals surface area contributed by atoms with Gasteiger partial charge in [-0.1, -0.05) is 45.4 Å². The average molecular weight is 204 g/mol. The minimum absolute atomic E-state index is 0.434. The van der Waals surface area contributed by atoms with Crippen molar-refractivity contribution >= 4 is 0 Å². The summed E-state index contributed by atoms with van der Waals surface area (Å²) in [5.41, 5.74) is 4.19. The smallest absolute Gasteiger partial charge is 0.00242 e. The topological polar surface area (TPSA) is 0 Å². The minimum atomic E-state index is 0.434. The molecule has 0 amide bonds. The maximum Gasteiger partial charge on any atom is -0.00242 e. The molecule has 0 saturated carbocycles. The first-order chi connectivity index (χ1) is 6.99. The Morgan fingerprint density at radius 2 is 1.93 bits per heavy atom. The van der Waals surface area contributed by atoms with E-state index < -0.39 is 0 Å². The maximum atomic E-state index is 2.49. The molecule has 0 saturated heterocycles. The predicted molar refractivity (Wildman–Crippen MR) is 66.8 cm³/mol. The Morgan fingerprint density at radius 3 is 2.60 bits per heavy atom. The Hall–Kier alpha value is -0.520. The van der Waals surface area contributed by atoms with Crippen LogP contribution < -0.4 is 0 Å². The first kappa shape index (κ1) is 11.0. The van der Waals surface area contributed by atoms with E-state index in [4.69, 9.17) is 0 Å². The molecule has 0 radical (unpaired) electrons. The van der Waals surface area contributed by atoms with Crippen LogP contribution in [0.1, 0.15) is 59.8 Å². The van der Waals surface area contributed by atoms with Gasteiger partial charge in [0.15, 0.2) is 0 Å². The van der Waals surface area contributed by atoms with Crippen LogP contribution in [0.3, 0.4) is 0 Å². The Balaban J connectivity index is 2.40. The molecule has 84 valence electrons. The zero-order chi connectivity index (χ0) is 11.1. The van der Waals surface area contributed by atoms with Gasteiger partial charge < -0.3 is 0 Å². The summed E-state index contributed by atoms with van der Waals surface area (Å²) in [7, 11) is 0. The van der Waals surface area contributed by atoms with Crippen LogP contribution in [0.25, 0.3) is 0 Å². The van der Waals surface area contributed by atoms with E-state index >= 15 is 0 Å². The van der Waals surface area contributed by atoms with Gasteiger partial charge >= 0.3 is 0 Å². The quantitative estimate of drug-likeness (QED) is 0.571. The maximum absolute atomic E-state index is 2.49. The first-order valence-electron chi connectivity index (χ1n) is 6.40. The van der Waals surface area contributed by atoms with Crippen molar-refractivity contribution < 1.29 is 0 Å². The summed E-state index contributed by atoms with van der Waals surface area (Å²) >= 11 is 0. The molecule has 15 heavy (non-hydrogen) atoms. The largest absolute Gasteiger partial charge is 0.0807 e. The molecule has 0 aromatic heterocycles. The van der Waals surface area contributed by atoms with Gasteiger partial charge in [0.2, 0.25) is 0 Å². The lowest BCUT2D eigenvalue weighted by Gasteiger charge is -2.50. The number of rotatable bonds is 1. The summed E-state index contributed by atoms with van der Waals surface area (Å²) < 4.78 is 0. The van der Waals surface area contributed by atoms with Crippen molar-refractivity contribution in [3.05, 3.63) is 23.3 Å². The highest BCUT2D eigenvalue weighted by Crippen LogP contribution is 2.56. The van der Waals surface area contributed by atoms with Gasteiger partial charge in [0.1, 0.15) is 0 Å². The van der Waals surface area contributed by atoms with Gasteiger partial charge in [-0.3, -0.25) is 0 Å². The van der Waals surface area contributed by atoms with Crippen molar-refractivity contribution in [2.24, 2.45) is 10.8 Å². The Kier molecular flexibility index (Phi) is 2.56. The molecular formula is C15H24. The highest BCUT2D eigenvalue weighted by Gasteiger charge is 2.45. The second-order valence-electron chi connectivity index (χ2n) is 6.07. The second kappa shape index (κ2) is 3.50. The van der Waals surface area contributed by atoms with Gasteiger partial charge in [0.05, 0.1) is 0 Å². The second-order valence-corrected chi connectivity index (χ2v) is 6.07. The lowest BCUT2D eigenvalue weighted by molar-refractivity contribution is 0.0970. The molecule has 0 heterocycles. The van der Waals surface area contributed by atoms with Crippen LogP contribution in [0.5, 0.6) is 0 Å². The lowest BCUT2D eigenvalue weighted by Crippen LogP contribution is -2.40. The van der Waals surface area contributed by atoms with Crippen LogP contribution in [0.2, 0.25) is 0 Å². The molecule has 0 aromatic rings. The van der Waals surface area contributed by atoms with Crippen LogP contribution in [-0.2, 0) is 0 Å². The van der Waals surface area contributed by atoms with Crippen LogP contribution >= 0.6 is 0 Å². The molecule has 0 spiro atoms. The van der Waals surface area contributed by atoms with E-state index in [-0.39, 0.29) is 0 Å². The van der Waals surface area contributed by atoms with Crippen molar-refractivity contribution in [2.45, 2.75) is 59.8 Å². The lowest BCUT2D eigenvalue weighted by atomic mass is 9.54. The van der Waals surface area contributed by atoms with Crippen LogP contribution in [0, 0.1) is 10.8 Å². The van der Waals surface area contributed by atoms with Gasteiger partial charge in [-0.2, -0.15) is 0 Å². The number of allylic oxidation sites excluding steroid dienone is 4. The summed E-state index contributed by atoms with van der Waals surface area (Å²) in [4.78, 5) is 0. The summed E-state index contributed by atoms with van der Waals surface area (Å²) in [6, 6.07) is 0. The minimum Gasteiger partial charge on any atom is -0.0807 e. The summed E-state index contributed by atoms with van der Waals surface area (Å²) in [6.07, 6.45) is 11.5. The zero-order valence-electron chi connectivity index (χ0n) is 10.7. The fraction of sp³-hybridized carbons (Fsp3) is 0.733. The predicted octanol–water partition coefficient (Wildman–Crippen LogP) is 4.87. The monoisotopic (exact) mass is 204 g/mol. The van der Waals surface area contributed by atoms with Crippen LogP contribution in [0.4, 0.5) is 0 Å². The third-order valence-electron chi connectivity index (χ3n) is 5.02. The highest BCUT2D eigenvalue weighted by molar-refractivity contribution is 5.37. The molecule has 0 bridgehead atoms. The van der Waals surface area contributed by atoms with Gasteiger partial charge in [-0.25, -0.2) is 0 Å². The molecular weight excluding hydrogens is 180 g/mol. The molecule has 1 atom stereocenters. The third-order valence-corrected chi connectivity index (χ3v) is 5.02. The van der Waals surface area contributed by atoms with Gasteiger partial charge in [-0.15, -0.1) is 0 Å². The van der Waals surface area contributed by atoms with Gasteiger partial charge in [0.25, 0.3) is 0 Å². The molecule has 0 aliphatic heterocycles. The standard InChI is InChI=1S/C15H24/c1-5-12-8-10-15(4)13(11-12)7-6-9-14(15,2)3/h7,11H,5-6,8-10H2,1-4H3. The molecule has 0 nitrogen and oxygen atoms in total. The number of hydrogen-bond donors (Lipinski definition) is 0. The van der Waals surface area contributed by atoms with Crippen molar-refractivity contribution in [2.75, 3.05) is 0 Å². The van der Waals surface area contributed by atoms with E-state index in [9.17, 15) is 0 Å². The normalized spacial score (nSPS) is 34.1. The highest BCUT2D eigenvalue weighted by atomic mass is 14.5. The zero-order valence-corrected chi connectivity index (χ0v) is 10.7. The third kappa shape index (κ3) is 1.58. The molecule has 0 fully saturated rings. The SMILES string of the molecule is CCC1=CC2=CCCC(C)(C)C2(C)CC1. The van der Waals surface area contributed by atoms with E-state index in [1.165, 1.54) is 32.1 Å². The van der Waals surface area contributed by atoms with Crippen molar-refractivity contribution in [3.63, 3.8) is 0 Å². The fourth-order valence-electron chi connectivity index (χ4n) is 3.16. The molecule has 2 aliphatic rings. The van der Waals surface area contributed by atoms with E-state index in [0.717, 1.165) is 0 Å². The number of fused-ring (bicyclic) bond motifs is 1. The Labute approximate surface area is 94.5 Å². The van der Waals surface area contributed by atoms with Crippen molar-refractivity contribution in [1.82, 2.24) is 0 Å². The molecule has 1 unspecified atom stereocenters. The Bertz CT molecular complexity index is 317. The van der Waals surface area contributed by atoms with Gasteiger partial charge in [-0.05, 0) is 48.5 Å². The molecule has 2 rings (SSSR count).